The van der Waals surface area contributed by atoms with Crippen LogP contribution in [0.2, 0.25) is 0 Å². The molecule has 0 spiro atoms. The Hall–Kier alpha value is -2.48. The highest BCUT2D eigenvalue weighted by Crippen LogP contribution is 2.43. The molecule has 26 heavy (non-hydrogen) atoms. The summed E-state index contributed by atoms with van der Waals surface area (Å²) >= 11 is 0.997. The number of nitrogens with zero attached hydrogens (tertiary/aromatic N) is 1. The van der Waals surface area contributed by atoms with Crippen LogP contribution < -0.4 is 11.5 Å². The van der Waals surface area contributed by atoms with Crippen molar-refractivity contribution in [3.8, 4) is 0 Å². The molecule has 138 valence electrons. The van der Waals surface area contributed by atoms with Gasteiger partial charge in [0.2, 0.25) is 0 Å². The van der Waals surface area contributed by atoms with E-state index >= 15 is 0 Å². The van der Waals surface area contributed by atoms with E-state index in [1.807, 2.05) is 19.1 Å². The predicted octanol–water partition coefficient (Wildman–Crippen LogP) is 4.14. The summed E-state index contributed by atoms with van der Waals surface area (Å²) in [5, 5.41) is 0. The third kappa shape index (κ3) is 4.57. The Morgan fingerprint density at radius 2 is 1.73 bits per heavy atom. The molecule has 0 heterocycles. The molecule has 4 nitrogen and oxygen atoms in total. The summed E-state index contributed by atoms with van der Waals surface area (Å²) < 4.78 is 41.3. The lowest BCUT2D eigenvalue weighted by molar-refractivity contribution is -0.140. The second-order valence-corrected chi connectivity index (χ2v) is 6.69. The van der Waals surface area contributed by atoms with Crippen LogP contribution in [0.4, 0.5) is 13.2 Å². The van der Waals surface area contributed by atoms with Gasteiger partial charge in [-0.05, 0) is 43.2 Å². The van der Waals surface area contributed by atoms with Crippen LogP contribution in [0.15, 0.2) is 51.2 Å². The van der Waals surface area contributed by atoms with E-state index < -0.39 is 23.6 Å². The van der Waals surface area contributed by atoms with Gasteiger partial charge in [-0.25, -0.2) is 0 Å². The highest BCUT2D eigenvalue weighted by Gasteiger charge is 2.37. The second-order valence-electron chi connectivity index (χ2n) is 5.57. The van der Waals surface area contributed by atoms with Gasteiger partial charge in [0.05, 0.1) is 5.56 Å². The molecule has 0 radical (unpaired) electrons. The topological polar surface area (TPSA) is 81.5 Å². The van der Waals surface area contributed by atoms with Gasteiger partial charge in [0.25, 0.3) is 5.91 Å². The van der Waals surface area contributed by atoms with E-state index in [1.54, 1.807) is 19.1 Å². The molecule has 2 aromatic carbocycles. The molecule has 0 aliphatic carbocycles. The van der Waals surface area contributed by atoms with E-state index in [4.69, 9.17) is 11.5 Å². The van der Waals surface area contributed by atoms with E-state index in [-0.39, 0.29) is 22.4 Å². The quantitative estimate of drug-likeness (QED) is 0.616. The first-order chi connectivity index (χ1) is 12.1. The molecule has 0 bridgehead atoms. The van der Waals surface area contributed by atoms with Crippen molar-refractivity contribution in [1.82, 2.24) is 0 Å². The van der Waals surface area contributed by atoms with Crippen LogP contribution in [0.3, 0.4) is 0 Å². The molecule has 2 rings (SSSR count). The number of rotatable bonds is 4. The minimum atomic E-state index is -4.62. The van der Waals surface area contributed by atoms with Gasteiger partial charge in [0.15, 0.2) is 5.96 Å². The van der Waals surface area contributed by atoms with Gasteiger partial charge in [-0.3, -0.25) is 4.79 Å². The summed E-state index contributed by atoms with van der Waals surface area (Å²) in [6.07, 6.45) is -4.61. The van der Waals surface area contributed by atoms with Crippen LogP contribution in [0.25, 0.3) is 0 Å². The highest BCUT2D eigenvalue weighted by atomic mass is 32.2. The molecule has 4 N–H and O–H groups in total. The molecule has 0 aliphatic rings. The third-order valence-electron chi connectivity index (χ3n) is 3.62. The van der Waals surface area contributed by atoms with E-state index in [2.05, 4.69) is 4.99 Å². The SMILES string of the molecule is CCc1c(C(=O)N=C(N)N)ccc(Sc2ccc(C)cc2)c1C(F)(F)F. The number of benzene rings is 2. The van der Waals surface area contributed by atoms with Crippen molar-refractivity contribution in [1.29, 1.82) is 0 Å². The summed E-state index contributed by atoms with van der Waals surface area (Å²) in [7, 11) is 0. The molecule has 0 saturated heterocycles. The minimum absolute atomic E-state index is 0.0121. The number of halogens is 3. The highest BCUT2D eigenvalue weighted by molar-refractivity contribution is 7.99. The van der Waals surface area contributed by atoms with Gasteiger partial charge in [-0.15, -0.1) is 0 Å². The van der Waals surface area contributed by atoms with Gasteiger partial charge < -0.3 is 11.5 Å². The van der Waals surface area contributed by atoms with E-state index in [0.717, 1.165) is 17.3 Å². The van der Waals surface area contributed by atoms with Gasteiger partial charge in [0.1, 0.15) is 0 Å². The van der Waals surface area contributed by atoms with Crippen molar-refractivity contribution in [2.45, 2.75) is 36.2 Å². The Labute approximate surface area is 153 Å². The standard InChI is InChI=1S/C18H18F3N3OS/c1-3-12-13(16(25)24-17(22)23)8-9-14(15(12)18(19,20)21)26-11-6-4-10(2)5-7-11/h4-9H,3H2,1-2H3,(H4,22,23,24,25). The summed E-state index contributed by atoms with van der Waals surface area (Å²) in [5.41, 5.74) is 10.3. The van der Waals surface area contributed by atoms with Crippen molar-refractivity contribution in [2.24, 2.45) is 16.5 Å². The van der Waals surface area contributed by atoms with Gasteiger partial charge in [0, 0.05) is 15.4 Å². The number of amides is 1. The van der Waals surface area contributed by atoms with Gasteiger partial charge >= 0.3 is 6.18 Å². The Morgan fingerprint density at radius 1 is 1.12 bits per heavy atom. The van der Waals surface area contributed by atoms with Crippen LogP contribution in [-0.4, -0.2) is 11.9 Å². The summed E-state index contributed by atoms with van der Waals surface area (Å²) in [6.45, 7) is 3.45. The average Bonchev–Trinajstić information content (AvgIpc) is 2.54. The molecule has 2 aromatic rings. The Kier molecular flexibility index (Phi) is 5.97. The number of carbonyl (C=O) groups excluding carboxylic acids is 1. The molecule has 0 unspecified atom stereocenters. The molecule has 8 heteroatoms. The Morgan fingerprint density at radius 3 is 2.23 bits per heavy atom. The van der Waals surface area contributed by atoms with Crippen LogP contribution >= 0.6 is 11.8 Å². The molecule has 1 amide bonds. The largest absolute Gasteiger partial charge is 0.417 e. The number of alkyl halides is 3. The lowest BCUT2D eigenvalue weighted by Gasteiger charge is -2.18. The number of aliphatic imine (C=N–C) groups is 1. The smallest absolute Gasteiger partial charge is 0.370 e. The van der Waals surface area contributed by atoms with Crippen LogP contribution in [0.5, 0.6) is 0 Å². The first-order valence-corrected chi connectivity index (χ1v) is 8.56. The van der Waals surface area contributed by atoms with Crippen molar-refractivity contribution >= 4 is 23.6 Å². The maximum atomic E-state index is 13.8. The monoisotopic (exact) mass is 381 g/mol. The van der Waals surface area contributed by atoms with Crippen molar-refractivity contribution in [3.63, 3.8) is 0 Å². The molecular weight excluding hydrogens is 363 g/mol. The van der Waals surface area contributed by atoms with Gasteiger partial charge in [-0.1, -0.05) is 36.4 Å². The number of nitrogens with two attached hydrogens (primary N) is 2. The zero-order chi connectivity index (χ0) is 19.5. The number of hydrogen-bond donors (Lipinski definition) is 2. The molecular formula is C18H18F3N3OS. The first-order valence-electron chi connectivity index (χ1n) is 7.75. The maximum Gasteiger partial charge on any atom is 0.417 e. The fourth-order valence-electron chi connectivity index (χ4n) is 2.50. The zero-order valence-electron chi connectivity index (χ0n) is 14.2. The van der Waals surface area contributed by atoms with Crippen LogP contribution in [0, 0.1) is 6.92 Å². The Bertz CT molecular complexity index is 842. The number of guanidine groups is 1. The summed E-state index contributed by atoms with van der Waals surface area (Å²) in [6, 6.07) is 9.77. The fourth-order valence-corrected chi connectivity index (χ4v) is 3.50. The average molecular weight is 381 g/mol. The minimum Gasteiger partial charge on any atom is -0.370 e. The Balaban J connectivity index is 2.60. The van der Waals surface area contributed by atoms with Gasteiger partial charge in [-0.2, -0.15) is 18.2 Å². The van der Waals surface area contributed by atoms with Crippen molar-refractivity contribution in [2.75, 3.05) is 0 Å². The van der Waals surface area contributed by atoms with Crippen LogP contribution in [0.1, 0.15) is 34.0 Å². The third-order valence-corrected chi connectivity index (χ3v) is 4.69. The molecule has 0 atom stereocenters. The fraction of sp³-hybridized carbons (Fsp3) is 0.222. The summed E-state index contributed by atoms with van der Waals surface area (Å²) in [4.78, 5) is 16.2. The number of carbonyl (C=O) groups is 1. The first kappa shape index (κ1) is 19.8. The lowest BCUT2D eigenvalue weighted by atomic mass is 9.97. The van der Waals surface area contributed by atoms with Crippen molar-refractivity contribution < 1.29 is 18.0 Å². The van der Waals surface area contributed by atoms with Crippen LogP contribution in [-0.2, 0) is 12.6 Å². The maximum absolute atomic E-state index is 13.8. The lowest BCUT2D eigenvalue weighted by Crippen LogP contribution is -2.24. The predicted molar refractivity (Wildman–Crippen MR) is 96.3 cm³/mol. The number of hydrogen-bond acceptors (Lipinski definition) is 2. The van der Waals surface area contributed by atoms with E-state index in [9.17, 15) is 18.0 Å². The zero-order valence-corrected chi connectivity index (χ0v) is 15.0. The molecule has 0 aromatic heterocycles. The number of aryl methyl sites for hydroxylation is 1. The molecule has 0 aliphatic heterocycles. The van der Waals surface area contributed by atoms with Crippen molar-refractivity contribution in [3.05, 3.63) is 58.7 Å². The van der Waals surface area contributed by atoms with E-state index in [1.165, 1.54) is 12.1 Å². The second kappa shape index (κ2) is 7.82. The van der Waals surface area contributed by atoms with E-state index in [0.29, 0.717) is 4.90 Å². The summed E-state index contributed by atoms with van der Waals surface area (Å²) in [5.74, 6) is -1.39. The molecule has 0 saturated carbocycles. The normalized spacial score (nSPS) is 11.3. The molecule has 0 fully saturated rings.